The molecule has 1 saturated heterocycles. The van der Waals surface area contributed by atoms with Gasteiger partial charge in [0, 0.05) is 54.4 Å². The van der Waals surface area contributed by atoms with Crippen LogP contribution in [-0.4, -0.2) is 33.9 Å². The van der Waals surface area contributed by atoms with Gasteiger partial charge in [0.15, 0.2) is 0 Å². The second-order valence-electron chi connectivity index (χ2n) is 8.96. The number of nitrogens with one attached hydrogen (secondary N) is 1. The van der Waals surface area contributed by atoms with Crippen LogP contribution in [0.3, 0.4) is 0 Å². The highest BCUT2D eigenvalue weighted by Crippen LogP contribution is 2.25. The lowest BCUT2D eigenvalue weighted by Gasteiger charge is -2.28. The SMILES string of the molecule is Cc1ccc(C(=O)Nc2ccc(N3CCCCC3)cc2)cc1Cc1ncccc1-c1ccncn1. The number of carbonyl (C=O) groups is 1. The third-order valence-electron chi connectivity index (χ3n) is 6.56. The molecule has 1 aliphatic rings. The van der Waals surface area contributed by atoms with Crippen LogP contribution < -0.4 is 10.2 Å². The summed E-state index contributed by atoms with van der Waals surface area (Å²) in [5, 5.41) is 3.05. The summed E-state index contributed by atoms with van der Waals surface area (Å²) >= 11 is 0. The summed E-state index contributed by atoms with van der Waals surface area (Å²) in [5.41, 5.74) is 7.55. The second kappa shape index (κ2) is 10.5. The van der Waals surface area contributed by atoms with Crippen molar-refractivity contribution in [3.8, 4) is 11.3 Å². The molecule has 1 aliphatic heterocycles. The summed E-state index contributed by atoms with van der Waals surface area (Å²) < 4.78 is 0. The monoisotopic (exact) mass is 463 g/mol. The van der Waals surface area contributed by atoms with Gasteiger partial charge in [-0.25, -0.2) is 9.97 Å². The number of benzene rings is 2. The van der Waals surface area contributed by atoms with Crippen molar-refractivity contribution in [1.29, 1.82) is 0 Å². The first-order valence-electron chi connectivity index (χ1n) is 12.1. The lowest BCUT2D eigenvalue weighted by Crippen LogP contribution is -2.29. The zero-order valence-corrected chi connectivity index (χ0v) is 19.9. The Balaban J connectivity index is 1.32. The number of aryl methyl sites for hydroxylation is 1. The van der Waals surface area contributed by atoms with Crippen LogP contribution in [0, 0.1) is 6.92 Å². The number of piperidine rings is 1. The number of amides is 1. The minimum absolute atomic E-state index is 0.117. The molecule has 1 fully saturated rings. The van der Waals surface area contributed by atoms with E-state index in [1.54, 1.807) is 18.7 Å². The van der Waals surface area contributed by atoms with Gasteiger partial charge in [0.2, 0.25) is 0 Å². The Morgan fingerprint density at radius 3 is 2.54 bits per heavy atom. The first kappa shape index (κ1) is 22.7. The highest BCUT2D eigenvalue weighted by molar-refractivity contribution is 6.04. The maximum absolute atomic E-state index is 13.1. The molecule has 35 heavy (non-hydrogen) atoms. The van der Waals surface area contributed by atoms with Crippen molar-refractivity contribution in [3.63, 3.8) is 0 Å². The van der Waals surface area contributed by atoms with Gasteiger partial charge in [-0.3, -0.25) is 9.78 Å². The Morgan fingerprint density at radius 2 is 1.77 bits per heavy atom. The molecule has 0 bridgehead atoms. The average Bonchev–Trinajstić information content (AvgIpc) is 2.91. The number of nitrogens with zero attached hydrogens (tertiary/aromatic N) is 4. The Labute approximate surface area is 206 Å². The number of aromatic nitrogens is 3. The van der Waals surface area contributed by atoms with Gasteiger partial charge in [-0.05, 0) is 91.9 Å². The fraction of sp³-hybridized carbons (Fsp3) is 0.241. The van der Waals surface area contributed by atoms with Crippen molar-refractivity contribution in [2.75, 3.05) is 23.3 Å². The number of anilines is 2. The fourth-order valence-electron chi connectivity index (χ4n) is 4.56. The minimum Gasteiger partial charge on any atom is -0.372 e. The smallest absolute Gasteiger partial charge is 0.255 e. The summed E-state index contributed by atoms with van der Waals surface area (Å²) in [6.45, 7) is 4.27. The van der Waals surface area contributed by atoms with Gasteiger partial charge in [-0.15, -0.1) is 0 Å². The standard InChI is InChI=1S/C29H29N5O/c1-21-7-8-22(29(35)33-24-9-11-25(12-10-24)34-16-3-2-4-17-34)18-23(21)19-28-26(6-5-14-31-28)27-13-15-30-20-32-27/h5-15,18,20H,2-4,16-17,19H2,1H3,(H,33,35). The summed E-state index contributed by atoms with van der Waals surface area (Å²) in [6.07, 6.45) is 9.47. The van der Waals surface area contributed by atoms with Crippen molar-refractivity contribution in [3.05, 3.63) is 102 Å². The number of rotatable bonds is 6. The van der Waals surface area contributed by atoms with Gasteiger partial charge in [0.05, 0.1) is 11.4 Å². The van der Waals surface area contributed by atoms with Gasteiger partial charge in [0.1, 0.15) is 6.33 Å². The molecule has 2 aromatic carbocycles. The Kier molecular flexibility index (Phi) is 6.80. The van der Waals surface area contributed by atoms with E-state index in [4.69, 9.17) is 0 Å². The van der Waals surface area contributed by atoms with E-state index in [2.05, 4.69) is 44.2 Å². The molecule has 0 aliphatic carbocycles. The first-order chi connectivity index (χ1) is 17.2. The fourth-order valence-corrected chi connectivity index (χ4v) is 4.56. The van der Waals surface area contributed by atoms with Crippen LogP contribution >= 0.6 is 0 Å². The lowest BCUT2D eigenvalue weighted by atomic mass is 9.97. The van der Waals surface area contributed by atoms with Crippen molar-refractivity contribution in [2.45, 2.75) is 32.6 Å². The molecular weight excluding hydrogens is 434 g/mol. The van der Waals surface area contributed by atoms with E-state index in [1.807, 2.05) is 48.5 Å². The van der Waals surface area contributed by atoms with Gasteiger partial charge >= 0.3 is 0 Å². The van der Waals surface area contributed by atoms with Crippen LogP contribution in [0.1, 0.15) is 46.4 Å². The average molecular weight is 464 g/mol. The summed E-state index contributed by atoms with van der Waals surface area (Å²) in [5.74, 6) is -0.117. The number of carbonyl (C=O) groups excluding carboxylic acids is 1. The second-order valence-corrected chi connectivity index (χ2v) is 8.96. The molecule has 6 nitrogen and oxygen atoms in total. The van der Waals surface area contributed by atoms with E-state index >= 15 is 0 Å². The van der Waals surface area contributed by atoms with E-state index in [9.17, 15) is 4.79 Å². The molecule has 176 valence electrons. The largest absolute Gasteiger partial charge is 0.372 e. The predicted molar refractivity (Wildman–Crippen MR) is 140 cm³/mol. The quantitative estimate of drug-likeness (QED) is 0.398. The molecule has 0 spiro atoms. The van der Waals surface area contributed by atoms with Gasteiger partial charge in [-0.1, -0.05) is 6.07 Å². The van der Waals surface area contributed by atoms with Crippen LogP contribution in [0.15, 0.2) is 79.4 Å². The van der Waals surface area contributed by atoms with Gasteiger partial charge < -0.3 is 10.2 Å². The normalized spacial score (nSPS) is 13.5. The van der Waals surface area contributed by atoms with Crippen LogP contribution in [0.25, 0.3) is 11.3 Å². The number of hydrogen-bond donors (Lipinski definition) is 1. The molecule has 5 rings (SSSR count). The predicted octanol–water partition coefficient (Wildman–Crippen LogP) is 5.68. The zero-order valence-electron chi connectivity index (χ0n) is 19.9. The van der Waals surface area contributed by atoms with Crippen LogP contribution in [0.5, 0.6) is 0 Å². The number of pyridine rings is 1. The molecule has 0 saturated carbocycles. The molecular formula is C29H29N5O. The topological polar surface area (TPSA) is 71.0 Å². The van der Waals surface area contributed by atoms with Crippen molar-refractivity contribution < 1.29 is 4.79 Å². The van der Waals surface area contributed by atoms with Crippen molar-refractivity contribution >= 4 is 17.3 Å². The molecule has 0 unspecified atom stereocenters. The maximum atomic E-state index is 13.1. The zero-order chi connectivity index (χ0) is 24.0. The third kappa shape index (κ3) is 5.38. The van der Waals surface area contributed by atoms with Crippen molar-refractivity contribution in [2.24, 2.45) is 0 Å². The van der Waals surface area contributed by atoms with E-state index in [0.717, 1.165) is 46.9 Å². The highest BCUT2D eigenvalue weighted by atomic mass is 16.1. The van der Waals surface area contributed by atoms with Gasteiger partial charge in [-0.2, -0.15) is 0 Å². The molecule has 0 atom stereocenters. The van der Waals surface area contributed by atoms with E-state index in [0.29, 0.717) is 12.0 Å². The maximum Gasteiger partial charge on any atom is 0.255 e. The summed E-state index contributed by atoms with van der Waals surface area (Å²) in [7, 11) is 0. The van der Waals surface area contributed by atoms with Crippen LogP contribution in [0.2, 0.25) is 0 Å². The molecule has 4 aromatic rings. The Hall–Kier alpha value is -4.06. The van der Waals surface area contributed by atoms with E-state index in [-0.39, 0.29) is 5.91 Å². The Morgan fingerprint density at radius 1 is 0.943 bits per heavy atom. The van der Waals surface area contributed by atoms with Crippen molar-refractivity contribution in [1.82, 2.24) is 15.0 Å². The summed E-state index contributed by atoms with van der Waals surface area (Å²) in [6, 6.07) is 19.8. The van der Waals surface area contributed by atoms with E-state index in [1.165, 1.54) is 24.9 Å². The molecule has 0 radical (unpaired) electrons. The highest BCUT2D eigenvalue weighted by Gasteiger charge is 2.14. The molecule has 3 heterocycles. The van der Waals surface area contributed by atoms with E-state index < -0.39 is 0 Å². The first-order valence-corrected chi connectivity index (χ1v) is 12.1. The van der Waals surface area contributed by atoms with Crippen LogP contribution in [0.4, 0.5) is 11.4 Å². The molecule has 2 aromatic heterocycles. The minimum atomic E-state index is -0.117. The molecule has 1 amide bonds. The third-order valence-corrected chi connectivity index (χ3v) is 6.56. The summed E-state index contributed by atoms with van der Waals surface area (Å²) in [4.78, 5) is 28.5. The Bertz CT molecular complexity index is 1300. The molecule has 1 N–H and O–H groups in total. The molecule has 6 heteroatoms. The lowest BCUT2D eigenvalue weighted by molar-refractivity contribution is 0.102. The number of hydrogen-bond acceptors (Lipinski definition) is 5. The van der Waals surface area contributed by atoms with Crippen LogP contribution in [-0.2, 0) is 6.42 Å². The van der Waals surface area contributed by atoms with Gasteiger partial charge in [0.25, 0.3) is 5.91 Å².